The fourth-order valence-electron chi connectivity index (χ4n) is 4.43. The van der Waals surface area contributed by atoms with Gasteiger partial charge in [0.2, 0.25) is 5.91 Å². The summed E-state index contributed by atoms with van der Waals surface area (Å²) >= 11 is 3.51. The molecule has 0 radical (unpaired) electrons. The maximum atomic E-state index is 13.5. The second kappa shape index (κ2) is 7.80. The first-order valence-corrected chi connectivity index (χ1v) is 11.7. The molecular formula is C22H22N2O3S2. The molecule has 7 heteroatoms. The van der Waals surface area contributed by atoms with E-state index in [0.717, 1.165) is 13.0 Å². The molecule has 2 aliphatic rings. The Morgan fingerprint density at radius 2 is 1.86 bits per heavy atom. The second-order valence-electron chi connectivity index (χ2n) is 7.54. The molecule has 5 heterocycles. The molecule has 5 rings (SSSR count). The lowest BCUT2D eigenvalue weighted by Gasteiger charge is -2.39. The van der Waals surface area contributed by atoms with E-state index in [4.69, 9.17) is 4.42 Å². The lowest BCUT2D eigenvalue weighted by Crippen LogP contribution is -2.47. The van der Waals surface area contributed by atoms with Crippen LogP contribution in [0.1, 0.15) is 44.8 Å². The number of carbonyl (C=O) groups is 2. The van der Waals surface area contributed by atoms with Gasteiger partial charge in [-0.15, -0.1) is 22.7 Å². The normalized spacial score (nSPS) is 19.9. The lowest BCUT2D eigenvalue weighted by atomic mass is 9.91. The number of fused-ring (bicyclic) bond motifs is 1. The molecule has 0 N–H and O–H groups in total. The minimum absolute atomic E-state index is 0.0280. The van der Waals surface area contributed by atoms with Crippen molar-refractivity contribution in [3.63, 3.8) is 0 Å². The first-order valence-electron chi connectivity index (χ1n) is 9.95. The van der Waals surface area contributed by atoms with E-state index in [2.05, 4.69) is 33.9 Å². The zero-order valence-electron chi connectivity index (χ0n) is 16.0. The first kappa shape index (κ1) is 18.6. The van der Waals surface area contributed by atoms with E-state index in [0.29, 0.717) is 31.7 Å². The van der Waals surface area contributed by atoms with Crippen molar-refractivity contribution in [2.45, 2.75) is 25.3 Å². The largest absolute Gasteiger partial charge is 0.459 e. The molecule has 1 unspecified atom stereocenters. The number of rotatable bonds is 3. The molecule has 0 aliphatic carbocycles. The van der Waals surface area contributed by atoms with Crippen LogP contribution < -0.4 is 0 Å². The average Bonchev–Trinajstić information content (AvgIpc) is 3.54. The van der Waals surface area contributed by atoms with E-state index in [1.54, 1.807) is 39.7 Å². The Labute approximate surface area is 177 Å². The topological polar surface area (TPSA) is 53.8 Å². The van der Waals surface area contributed by atoms with Gasteiger partial charge in [0.15, 0.2) is 5.76 Å². The Kier molecular flexibility index (Phi) is 5.01. The van der Waals surface area contributed by atoms with Crippen molar-refractivity contribution < 1.29 is 14.0 Å². The van der Waals surface area contributed by atoms with Gasteiger partial charge in [-0.3, -0.25) is 9.59 Å². The summed E-state index contributed by atoms with van der Waals surface area (Å²) in [5.74, 6) is 0.482. The monoisotopic (exact) mass is 426 g/mol. The zero-order valence-corrected chi connectivity index (χ0v) is 17.6. The summed E-state index contributed by atoms with van der Waals surface area (Å²) < 4.78 is 5.23. The van der Waals surface area contributed by atoms with Gasteiger partial charge in [-0.25, -0.2) is 0 Å². The van der Waals surface area contributed by atoms with Crippen LogP contribution in [0.4, 0.5) is 0 Å². The fourth-order valence-corrected chi connectivity index (χ4v) is 6.19. The van der Waals surface area contributed by atoms with Crippen LogP contribution in [0.2, 0.25) is 0 Å². The van der Waals surface area contributed by atoms with Crippen molar-refractivity contribution in [1.82, 2.24) is 9.80 Å². The lowest BCUT2D eigenvalue weighted by molar-refractivity contribution is -0.139. The predicted molar refractivity (Wildman–Crippen MR) is 113 cm³/mol. The Morgan fingerprint density at radius 3 is 2.59 bits per heavy atom. The van der Waals surface area contributed by atoms with Gasteiger partial charge in [0.05, 0.1) is 12.3 Å². The van der Waals surface area contributed by atoms with E-state index in [9.17, 15) is 9.59 Å². The Hall–Kier alpha value is -2.38. The summed E-state index contributed by atoms with van der Waals surface area (Å²) in [5, 5.41) is 4.22. The van der Waals surface area contributed by atoms with Gasteiger partial charge in [0.25, 0.3) is 5.91 Å². The molecule has 2 amide bonds. The number of thiophene rings is 2. The molecule has 1 atom stereocenters. The van der Waals surface area contributed by atoms with E-state index < -0.39 is 0 Å². The number of piperidine rings is 1. The number of likely N-dealkylation sites (tertiary alicyclic amines) is 1. The summed E-state index contributed by atoms with van der Waals surface area (Å²) in [6, 6.07) is 9.81. The van der Waals surface area contributed by atoms with E-state index >= 15 is 0 Å². The molecule has 0 spiro atoms. The van der Waals surface area contributed by atoms with Crippen LogP contribution in [-0.4, -0.2) is 41.2 Å². The highest BCUT2D eigenvalue weighted by Gasteiger charge is 2.38. The molecule has 29 heavy (non-hydrogen) atoms. The SMILES string of the molecule is O=C(c1ccco1)N1CCC(C(=O)N2CCc3sccc3C2c2cccs2)CC1. The van der Waals surface area contributed by atoms with Crippen LogP contribution in [0.3, 0.4) is 0 Å². The van der Waals surface area contributed by atoms with E-state index in [1.165, 1.54) is 21.6 Å². The summed E-state index contributed by atoms with van der Waals surface area (Å²) in [5.41, 5.74) is 1.28. The number of hydrogen-bond donors (Lipinski definition) is 0. The van der Waals surface area contributed by atoms with Gasteiger partial charge >= 0.3 is 0 Å². The average molecular weight is 427 g/mol. The number of carbonyl (C=O) groups excluding carboxylic acids is 2. The number of nitrogens with zero attached hydrogens (tertiary/aromatic N) is 2. The van der Waals surface area contributed by atoms with Crippen molar-refractivity contribution in [3.05, 3.63) is 68.4 Å². The van der Waals surface area contributed by atoms with Gasteiger partial charge in [-0.05, 0) is 59.9 Å². The molecule has 2 aliphatic heterocycles. The van der Waals surface area contributed by atoms with Crippen LogP contribution in [-0.2, 0) is 11.2 Å². The molecule has 0 bridgehead atoms. The van der Waals surface area contributed by atoms with Crippen molar-refractivity contribution in [3.8, 4) is 0 Å². The van der Waals surface area contributed by atoms with Crippen LogP contribution in [0.15, 0.2) is 51.8 Å². The van der Waals surface area contributed by atoms with E-state index in [1.807, 2.05) is 0 Å². The molecule has 150 valence electrons. The summed E-state index contributed by atoms with van der Waals surface area (Å²) in [7, 11) is 0. The standard InChI is InChI=1S/C22H22N2O3S2/c25-21(15-5-9-23(10-6-15)22(26)17-3-1-12-27-17)24-11-7-18-16(8-14-29-18)20(24)19-4-2-13-28-19/h1-4,8,12-15,20H,5-7,9-11H2. The number of hydrogen-bond acceptors (Lipinski definition) is 5. The maximum absolute atomic E-state index is 13.5. The summed E-state index contributed by atoms with van der Waals surface area (Å²) in [4.78, 5) is 32.5. The Bertz CT molecular complexity index is 985. The number of amides is 2. The minimum atomic E-state index is -0.0850. The van der Waals surface area contributed by atoms with Gasteiger partial charge in [-0.1, -0.05) is 6.07 Å². The van der Waals surface area contributed by atoms with Gasteiger partial charge < -0.3 is 14.2 Å². The highest BCUT2D eigenvalue weighted by Crippen LogP contribution is 2.40. The smallest absolute Gasteiger partial charge is 0.289 e. The van der Waals surface area contributed by atoms with E-state index in [-0.39, 0.29) is 23.8 Å². The highest BCUT2D eigenvalue weighted by atomic mass is 32.1. The third-order valence-corrected chi connectivity index (χ3v) is 7.85. The maximum Gasteiger partial charge on any atom is 0.289 e. The minimum Gasteiger partial charge on any atom is -0.459 e. The molecule has 0 aromatic carbocycles. The Morgan fingerprint density at radius 1 is 1.00 bits per heavy atom. The zero-order chi connectivity index (χ0) is 19.8. The van der Waals surface area contributed by atoms with Crippen LogP contribution in [0.5, 0.6) is 0 Å². The quantitative estimate of drug-likeness (QED) is 0.623. The summed E-state index contributed by atoms with van der Waals surface area (Å²) in [6.45, 7) is 1.95. The molecule has 5 nitrogen and oxygen atoms in total. The molecule has 3 aromatic rings. The van der Waals surface area contributed by atoms with Crippen molar-refractivity contribution >= 4 is 34.5 Å². The predicted octanol–water partition coefficient (Wildman–Crippen LogP) is 4.43. The van der Waals surface area contributed by atoms with Gasteiger partial charge in [0, 0.05) is 35.3 Å². The fraction of sp³-hybridized carbons (Fsp3) is 0.364. The molecule has 3 aromatic heterocycles. The highest BCUT2D eigenvalue weighted by molar-refractivity contribution is 7.10. The van der Waals surface area contributed by atoms with Crippen LogP contribution in [0.25, 0.3) is 0 Å². The van der Waals surface area contributed by atoms with Crippen molar-refractivity contribution in [2.24, 2.45) is 5.92 Å². The van der Waals surface area contributed by atoms with Crippen LogP contribution in [0, 0.1) is 5.92 Å². The van der Waals surface area contributed by atoms with Gasteiger partial charge in [0.1, 0.15) is 0 Å². The summed E-state index contributed by atoms with van der Waals surface area (Å²) in [6.07, 6.45) is 3.85. The molecule has 1 saturated heterocycles. The van der Waals surface area contributed by atoms with Gasteiger partial charge in [-0.2, -0.15) is 0 Å². The van der Waals surface area contributed by atoms with Crippen molar-refractivity contribution in [1.29, 1.82) is 0 Å². The first-order chi connectivity index (χ1) is 14.2. The Balaban J connectivity index is 1.31. The van der Waals surface area contributed by atoms with Crippen molar-refractivity contribution in [2.75, 3.05) is 19.6 Å². The second-order valence-corrected chi connectivity index (χ2v) is 9.52. The number of furan rings is 1. The van der Waals surface area contributed by atoms with Crippen LogP contribution >= 0.6 is 22.7 Å². The molecule has 1 fully saturated rings. The molecule has 0 saturated carbocycles. The molecular weight excluding hydrogens is 404 g/mol. The third-order valence-electron chi connectivity index (χ3n) is 5.93. The third kappa shape index (κ3) is 3.42.